The second kappa shape index (κ2) is 6.50. The van der Waals surface area contributed by atoms with Crippen molar-refractivity contribution in [3.05, 3.63) is 26.9 Å². The zero-order chi connectivity index (χ0) is 15.6. The van der Waals surface area contributed by atoms with Crippen LogP contribution in [-0.4, -0.2) is 27.9 Å². The largest absolute Gasteiger partial charge is 0.365 e. The van der Waals surface area contributed by atoms with E-state index in [0.29, 0.717) is 15.2 Å². The number of halogens is 1. The van der Waals surface area contributed by atoms with Crippen molar-refractivity contribution in [2.24, 2.45) is 12.8 Å². The fraction of sp³-hybridized carbons (Fsp3) is 0.250. The number of hydrogen-bond donors (Lipinski definition) is 2. The highest BCUT2D eigenvalue weighted by atomic mass is 35.5. The van der Waals surface area contributed by atoms with Crippen molar-refractivity contribution in [2.45, 2.75) is 11.4 Å². The van der Waals surface area contributed by atoms with Gasteiger partial charge in [0, 0.05) is 11.9 Å². The number of nitrogens with zero attached hydrogens (tertiary/aromatic N) is 2. The van der Waals surface area contributed by atoms with Crippen molar-refractivity contribution in [3.63, 3.8) is 0 Å². The molecule has 6 nitrogen and oxygen atoms in total. The van der Waals surface area contributed by atoms with Gasteiger partial charge in [-0.2, -0.15) is 5.10 Å². The van der Waals surface area contributed by atoms with Crippen molar-refractivity contribution in [3.8, 4) is 0 Å². The molecule has 9 heteroatoms. The molecule has 0 aliphatic carbocycles. The van der Waals surface area contributed by atoms with Gasteiger partial charge in [0.25, 0.3) is 5.91 Å². The number of aromatic nitrogens is 2. The SMILES string of the molecule is CSc1nn(C)c(NC(=O)Cc2ccc(Cl)s2)c1C(N)=O. The van der Waals surface area contributed by atoms with Crippen LogP contribution >= 0.6 is 34.7 Å². The number of amides is 2. The zero-order valence-corrected chi connectivity index (χ0v) is 13.7. The summed E-state index contributed by atoms with van der Waals surface area (Å²) in [7, 11) is 1.64. The summed E-state index contributed by atoms with van der Waals surface area (Å²) in [4.78, 5) is 24.5. The van der Waals surface area contributed by atoms with E-state index < -0.39 is 5.91 Å². The van der Waals surface area contributed by atoms with E-state index in [1.807, 2.05) is 0 Å². The molecule has 0 radical (unpaired) electrons. The van der Waals surface area contributed by atoms with E-state index in [0.717, 1.165) is 4.88 Å². The molecule has 3 N–H and O–H groups in total. The Bertz CT molecular complexity index is 695. The first kappa shape index (κ1) is 15.9. The van der Waals surface area contributed by atoms with Gasteiger partial charge >= 0.3 is 0 Å². The molecule has 0 fully saturated rings. The van der Waals surface area contributed by atoms with Crippen LogP contribution in [-0.2, 0) is 18.3 Å². The first-order valence-corrected chi connectivity index (χ1v) is 8.29. The topological polar surface area (TPSA) is 90.0 Å². The van der Waals surface area contributed by atoms with Crippen molar-refractivity contribution in [2.75, 3.05) is 11.6 Å². The van der Waals surface area contributed by atoms with Gasteiger partial charge in [0.2, 0.25) is 5.91 Å². The molecule has 2 aromatic heterocycles. The first-order valence-electron chi connectivity index (χ1n) is 5.87. The molecular weight excluding hydrogens is 332 g/mol. The summed E-state index contributed by atoms with van der Waals surface area (Å²) in [5.74, 6) is -0.576. The highest BCUT2D eigenvalue weighted by Gasteiger charge is 2.22. The quantitative estimate of drug-likeness (QED) is 0.813. The number of anilines is 1. The molecule has 2 heterocycles. The Labute approximate surface area is 134 Å². The van der Waals surface area contributed by atoms with E-state index in [2.05, 4.69) is 10.4 Å². The number of hydrogen-bond acceptors (Lipinski definition) is 5. The predicted octanol–water partition coefficient (Wildman–Crippen LogP) is 2.14. The van der Waals surface area contributed by atoms with Crippen molar-refractivity contribution in [1.29, 1.82) is 0 Å². The Balaban J connectivity index is 2.20. The molecule has 2 amide bonds. The molecule has 0 saturated heterocycles. The molecule has 0 saturated carbocycles. The fourth-order valence-corrected chi connectivity index (χ4v) is 3.48. The molecule has 2 rings (SSSR count). The summed E-state index contributed by atoms with van der Waals surface area (Å²) in [5, 5.41) is 7.33. The van der Waals surface area contributed by atoms with Gasteiger partial charge in [0.1, 0.15) is 16.4 Å². The Kier molecular flexibility index (Phi) is 4.92. The lowest BCUT2D eigenvalue weighted by Crippen LogP contribution is -2.20. The molecule has 21 heavy (non-hydrogen) atoms. The van der Waals surface area contributed by atoms with Crippen LogP contribution in [0.15, 0.2) is 17.2 Å². The van der Waals surface area contributed by atoms with Gasteiger partial charge in [-0.1, -0.05) is 11.6 Å². The molecule has 0 unspecified atom stereocenters. The van der Waals surface area contributed by atoms with E-state index in [1.165, 1.54) is 27.8 Å². The van der Waals surface area contributed by atoms with Gasteiger partial charge in [0.15, 0.2) is 0 Å². The number of aryl methyl sites for hydroxylation is 1. The second-order valence-electron chi connectivity index (χ2n) is 4.15. The molecule has 112 valence electrons. The summed E-state index contributed by atoms with van der Waals surface area (Å²) in [6.07, 6.45) is 1.96. The maximum absolute atomic E-state index is 12.1. The molecule has 0 aromatic carbocycles. The summed E-state index contributed by atoms with van der Waals surface area (Å²) >= 11 is 8.46. The maximum Gasteiger partial charge on any atom is 0.255 e. The normalized spacial score (nSPS) is 10.6. The third kappa shape index (κ3) is 3.58. The lowest BCUT2D eigenvalue weighted by atomic mass is 10.3. The summed E-state index contributed by atoms with van der Waals surface area (Å²) in [5.41, 5.74) is 5.59. The summed E-state index contributed by atoms with van der Waals surface area (Å²) in [6.45, 7) is 0. The number of carbonyl (C=O) groups excluding carboxylic acids is 2. The van der Waals surface area contributed by atoms with E-state index in [9.17, 15) is 9.59 Å². The molecule has 0 atom stereocenters. The smallest absolute Gasteiger partial charge is 0.255 e. The first-order chi connectivity index (χ1) is 9.92. The van der Waals surface area contributed by atoms with Gasteiger partial charge in [-0.05, 0) is 18.4 Å². The minimum absolute atomic E-state index is 0.176. The molecule has 2 aromatic rings. The Morgan fingerprint density at radius 2 is 2.24 bits per heavy atom. The highest BCUT2D eigenvalue weighted by molar-refractivity contribution is 7.98. The highest BCUT2D eigenvalue weighted by Crippen LogP contribution is 2.26. The fourth-order valence-electron chi connectivity index (χ4n) is 1.79. The van der Waals surface area contributed by atoms with E-state index in [4.69, 9.17) is 17.3 Å². The Morgan fingerprint density at radius 1 is 1.52 bits per heavy atom. The standard InChI is InChI=1S/C12H13ClN4O2S2/c1-17-11(9(10(14)19)12(16-17)20-2)15-8(18)5-6-3-4-7(13)21-6/h3-4H,5H2,1-2H3,(H2,14,19)(H,15,18). The lowest BCUT2D eigenvalue weighted by molar-refractivity contribution is -0.115. The maximum atomic E-state index is 12.1. The van der Waals surface area contributed by atoms with Crippen LogP contribution in [0.5, 0.6) is 0 Å². The molecule has 0 aliphatic heterocycles. The van der Waals surface area contributed by atoms with Crippen LogP contribution in [0.2, 0.25) is 4.34 Å². The molecular formula is C12H13ClN4O2S2. The average molecular weight is 345 g/mol. The van der Waals surface area contributed by atoms with Crippen LogP contribution in [0.1, 0.15) is 15.2 Å². The summed E-state index contributed by atoms with van der Waals surface area (Å²) < 4.78 is 2.06. The van der Waals surface area contributed by atoms with Crippen LogP contribution in [0, 0.1) is 0 Å². The zero-order valence-electron chi connectivity index (χ0n) is 11.3. The minimum Gasteiger partial charge on any atom is -0.365 e. The van der Waals surface area contributed by atoms with Gasteiger partial charge in [-0.25, -0.2) is 0 Å². The number of carbonyl (C=O) groups is 2. The number of nitrogens with two attached hydrogens (primary N) is 1. The Hall–Kier alpha value is -1.51. The molecule has 0 spiro atoms. The van der Waals surface area contributed by atoms with Crippen molar-refractivity contribution in [1.82, 2.24) is 9.78 Å². The van der Waals surface area contributed by atoms with Crippen molar-refractivity contribution >= 4 is 52.3 Å². The summed E-state index contributed by atoms with van der Waals surface area (Å²) in [6, 6.07) is 3.53. The van der Waals surface area contributed by atoms with Crippen LogP contribution in [0.25, 0.3) is 0 Å². The van der Waals surface area contributed by atoms with E-state index in [1.54, 1.807) is 25.4 Å². The predicted molar refractivity (Wildman–Crippen MR) is 85.2 cm³/mol. The Morgan fingerprint density at radius 3 is 2.76 bits per heavy atom. The lowest BCUT2D eigenvalue weighted by Gasteiger charge is -2.06. The van der Waals surface area contributed by atoms with Gasteiger partial charge < -0.3 is 11.1 Å². The number of thiophene rings is 1. The van der Waals surface area contributed by atoms with Gasteiger partial charge in [-0.3, -0.25) is 14.3 Å². The average Bonchev–Trinajstić information content (AvgIpc) is 2.94. The van der Waals surface area contributed by atoms with Crippen molar-refractivity contribution < 1.29 is 9.59 Å². The van der Waals surface area contributed by atoms with Crippen LogP contribution < -0.4 is 11.1 Å². The molecule has 0 bridgehead atoms. The third-order valence-electron chi connectivity index (χ3n) is 2.68. The minimum atomic E-state index is -0.623. The number of thioether (sulfide) groups is 1. The second-order valence-corrected chi connectivity index (χ2v) is 6.75. The van der Waals surface area contributed by atoms with Gasteiger partial charge in [-0.15, -0.1) is 23.1 Å². The number of primary amides is 1. The number of rotatable bonds is 5. The van der Waals surface area contributed by atoms with Gasteiger partial charge in [0.05, 0.1) is 10.8 Å². The van der Waals surface area contributed by atoms with Crippen LogP contribution in [0.4, 0.5) is 5.82 Å². The molecule has 0 aliphatic rings. The monoisotopic (exact) mass is 344 g/mol. The third-order valence-corrected chi connectivity index (χ3v) is 4.58. The number of nitrogens with one attached hydrogen (secondary N) is 1. The van der Waals surface area contributed by atoms with E-state index in [-0.39, 0.29) is 17.9 Å². The van der Waals surface area contributed by atoms with Crippen LogP contribution in [0.3, 0.4) is 0 Å². The van der Waals surface area contributed by atoms with E-state index >= 15 is 0 Å².